The van der Waals surface area contributed by atoms with Crippen molar-refractivity contribution < 1.29 is 14.3 Å². The Bertz CT molecular complexity index is 829. The van der Waals surface area contributed by atoms with Gasteiger partial charge in [0.05, 0.1) is 0 Å². The predicted molar refractivity (Wildman–Crippen MR) is 116 cm³/mol. The first-order valence-electron chi connectivity index (χ1n) is 9.65. The van der Waals surface area contributed by atoms with E-state index in [-0.39, 0.29) is 25.0 Å². The molecule has 2 aromatic rings. The van der Waals surface area contributed by atoms with Gasteiger partial charge in [-0.1, -0.05) is 61.3 Å². The maximum absolute atomic E-state index is 13.0. The average Bonchev–Trinajstić information content (AvgIpc) is 2.71. The zero-order chi connectivity index (χ0) is 21.2. The number of carbonyl (C=O) groups is 2. The highest BCUT2D eigenvalue weighted by atomic mass is 35.5. The summed E-state index contributed by atoms with van der Waals surface area (Å²) in [6.07, 6.45) is 1.29. The molecule has 2 rings (SSSR count). The SMILES string of the molecule is CCCNC(=O)C(CC)N(Cc1ccccc1Cl)C(=O)COc1cccc(Cl)c1. The number of nitrogens with zero attached hydrogens (tertiary/aromatic N) is 1. The summed E-state index contributed by atoms with van der Waals surface area (Å²) in [5, 5.41) is 3.94. The predicted octanol–water partition coefficient (Wildman–Crippen LogP) is 4.71. The third-order valence-corrected chi connectivity index (χ3v) is 5.00. The van der Waals surface area contributed by atoms with E-state index in [9.17, 15) is 9.59 Å². The summed E-state index contributed by atoms with van der Waals surface area (Å²) in [7, 11) is 0. The van der Waals surface area contributed by atoms with Gasteiger partial charge in [0.15, 0.2) is 6.61 Å². The Balaban J connectivity index is 2.20. The molecule has 1 atom stereocenters. The van der Waals surface area contributed by atoms with Gasteiger partial charge in [0, 0.05) is 23.1 Å². The summed E-state index contributed by atoms with van der Waals surface area (Å²) in [4.78, 5) is 27.2. The number of nitrogens with one attached hydrogen (secondary N) is 1. The van der Waals surface area contributed by atoms with Crippen LogP contribution in [0.25, 0.3) is 0 Å². The molecule has 0 saturated heterocycles. The van der Waals surface area contributed by atoms with Crippen LogP contribution in [-0.2, 0) is 16.1 Å². The van der Waals surface area contributed by atoms with E-state index >= 15 is 0 Å². The minimum atomic E-state index is -0.617. The zero-order valence-corrected chi connectivity index (χ0v) is 18.2. The molecule has 2 amide bonds. The average molecular weight is 437 g/mol. The molecule has 0 bridgehead atoms. The molecular weight excluding hydrogens is 411 g/mol. The second-order valence-corrected chi connectivity index (χ2v) is 7.42. The van der Waals surface area contributed by atoms with Crippen molar-refractivity contribution in [3.05, 3.63) is 64.1 Å². The molecule has 0 fully saturated rings. The van der Waals surface area contributed by atoms with Gasteiger partial charge in [-0.3, -0.25) is 9.59 Å². The molecule has 0 radical (unpaired) electrons. The minimum absolute atomic E-state index is 0.183. The van der Waals surface area contributed by atoms with E-state index in [1.807, 2.05) is 32.0 Å². The number of rotatable bonds is 10. The van der Waals surface area contributed by atoms with E-state index in [0.29, 0.717) is 28.8 Å². The number of ether oxygens (including phenoxy) is 1. The van der Waals surface area contributed by atoms with Crippen molar-refractivity contribution in [2.45, 2.75) is 39.3 Å². The topological polar surface area (TPSA) is 58.6 Å². The molecule has 0 aliphatic heterocycles. The number of amides is 2. The Hall–Kier alpha value is -2.24. The first-order chi connectivity index (χ1) is 14.0. The normalized spacial score (nSPS) is 11.6. The smallest absolute Gasteiger partial charge is 0.261 e. The van der Waals surface area contributed by atoms with Gasteiger partial charge in [0.2, 0.25) is 5.91 Å². The van der Waals surface area contributed by atoms with Crippen LogP contribution in [0.1, 0.15) is 32.3 Å². The molecule has 7 heteroatoms. The molecule has 0 saturated carbocycles. The lowest BCUT2D eigenvalue weighted by molar-refractivity contribution is -0.143. The molecule has 1 N–H and O–H groups in total. The van der Waals surface area contributed by atoms with Gasteiger partial charge in [-0.15, -0.1) is 0 Å². The quantitative estimate of drug-likeness (QED) is 0.586. The van der Waals surface area contributed by atoms with Crippen LogP contribution < -0.4 is 10.1 Å². The molecule has 0 aromatic heterocycles. The van der Waals surface area contributed by atoms with E-state index in [1.54, 1.807) is 30.3 Å². The highest BCUT2D eigenvalue weighted by Gasteiger charge is 2.29. The number of carbonyl (C=O) groups excluding carboxylic acids is 2. The van der Waals surface area contributed by atoms with E-state index < -0.39 is 6.04 Å². The summed E-state index contributed by atoms with van der Waals surface area (Å²) < 4.78 is 5.61. The lowest BCUT2D eigenvalue weighted by Crippen LogP contribution is -2.50. The molecule has 1 unspecified atom stereocenters. The summed E-state index contributed by atoms with van der Waals surface area (Å²) in [5.41, 5.74) is 0.770. The second kappa shape index (κ2) is 11.7. The van der Waals surface area contributed by atoms with Crippen LogP contribution in [0.15, 0.2) is 48.5 Å². The Morgan fingerprint density at radius 1 is 1.10 bits per heavy atom. The summed E-state index contributed by atoms with van der Waals surface area (Å²) in [5.74, 6) is 0.00734. The summed E-state index contributed by atoms with van der Waals surface area (Å²) >= 11 is 12.3. The summed E-state index contributed by atoms with van der Waals surface area (Å²) in [6.45, 7) is 4.42. The lowest BCUT2D eigenvalue weighted by Gasteiger charge is -2.30. The monoisotopic (exact) mass is 436 g/mol. The largest absolute Gasteiger partial charge is 0.484 e. The molecule has 2 aromatic carbocycles. The first-order valence-corrected chi connectivity index (χ1v) is 10.4. The molecule has 0 heterocycles. The van der Waals surface area contributed by atoms with Crippen molar-refractivity contribution in [3.63, 3.8) is 0 Å². The van der Waals surface area contributed by atoms with E-state index in [0.717, 1.165) is 12.0 Å². The number of hydrogen-bond donors (Lipinski definition) is 1. The van der Waals surface area contributed by atoms with Gasteiger partial charge in [-0.05, 0) is 42.7 Å². The maximum atomic E-state index is 13.0. The van der Waals surface area contributed by atoms with Gasteiger partial charge in [0.25, 0.3) is 5.91 Å². The van der Waals surface area contributed by atoms with Crippen molar-refractivity contribution in [1.29, 1.82) is 0 Å². The van der Waals surface area contributed by atoms with E-state index in [2.05, 4.69) is 5.32 Å². The minimum Gasteiger partial charge on any atom is -0.484 e. The van der Waals surface area contributed by atoms with Gasteiger partial charge in [-0.25, -0.2) is 0 Å². The van der Waals surface area contributed by atoms with Crippen LogP contribution in [0.2, 0.25) is 10.0 Å². The van der Waals surface area contributed by atoms with Crippen LogP contribution in [0, 0.1) is 0 Å². The molecule has 29 heavy (non-hydrogen) atoms. The Morgan fingerprint density at radius 2 is 1.86 bits per heavy atom. The van der Waals surface area contributed by atoms with Gasteiger partial charge < -0.3 is 15.0 Å². The fraction of sp³-hybridized carbons (Fsp3) is 0.364. The number of halogens is 2. The highest BCUT2D eigenvalue weighted by Crippen LogP contribution is 2.21. The van der Waals surface area contributed by atoms with Crippen LogP contribution in [0.3, 0.4) is 0 Å². The van der Waals surface area contributed by atoms with Crippen LogP contribution in [-0.4, -0.2) is 35.9 Å². The van der Waals surface area contributed by atoms with Crippen LogP contribution in [0.4, 0.5) is 0 Å². The third-order valence-electron chi connectivity index (χ3n) is 4.39. The van der Waals surface area contributed by atoms with Crippen molar-refractivity contribution >= 4 is 35.0 Å². The maximum Gasteiger partial charge on any atom is 0.261 e. The molecule has 5 nitrogen and oxygen atoms in total. The molecule has 156 valence electrons. The third kappa shape index (κ3) is 6.94. The lowest BCUT2D eigenvalue weighted by atomic mass is 10.1. The van der Waals surface area contributed by atoms with Crippen molar-refractivity contribution in [2.24, 2.45) is 0 Å². The molecule has 0 aliphatic rings. The first kappa shape index (κ1) is 23.0. The standard InChI is InChI=1S/C22H26Cl2N2O3/c1-3-12-25-22(28)20(4-2)26(14-16-8-5-6-11-19(16)24)21(27)15-29-18-10-7-9-17(23)13-18/h5-11,13,20H,3-4,12,14-15H2,1-2H3,(H,25,28). The summed E-state index contributed by atoms with van der Waals surface area (Å²) in [6, 6.07) is 13.5. The van der Waals surface area contributed by atoms with E-state index in [1.165, 1.54) is 4.90 Å². The molecule has 0 aliphatic carbocycles. The molecule has 0 spiro atoms. The second-order valence-electron chi connectivity index (χ2n) is 6.57. The van der Waals surface area contributed by atoms with Gasteiger partial charge in [0.1, 0.15) is 11.8 Å². The molecular formula is C22H26Cl2N2O3. The number of hydrogen-bond acceptors (Lipinski definition) is 3. The van der Waals surface area contributed by atoms with Crippen LogP contribution >= 0.6 is 23.2 Å². The van der Waals surface area contributed by atoms with Crippen LogP contribution in [0.5, 0.6) is 5.75 Å². The zero-order valence-electron chi connectivity index (χ0n) is 16.7. The number of benzene rings is 2. The van der Waals surface area contributed by atoms with Crippen molar-refractivity contribution in [2.75, 3.05) is 13.2 Å². The van der Waals surface area contributed by atoms with Gasteiger partial charge >= 0.3 is 0 Å². The Labute approximate surface area is 181 Å². The van der Waals surface area contributed by atoms with Crippen molar-refractivity contribution in [3.8, 4) is 5.75 Å². The van der Waals surface area contributed by atoms with Crippen molar-refractivity contribution in [1.82, 2.24) is 10.2 Å². The highest BCUT2D eigenvalue weighted by molar-refractivity contribution is 6.31. The Kier molecular flexibility index (Phi) is 9.29. The Morgan fingerprint density at radius 3 is 2.52 bits per heavy atom. The fourth-order valence-electron chi connectivity index (χ4n) is 2.88. The van der Waals surface area contributed by atoms with E-state index in [4.69, 9.17) is 27.9 Å². The van der Waals surface area contributed by atoms with Gasteiger partial charge in [-0.2, -0.15) is 0 Å². The fourth-order valence-corrected chi connectivity index (χ4v) is 3.26.